The van der Waals surface area contributed by atoms with Gasteiger partial charge in [0, 0.05) is 25.2 Å². The summed E-state index contributed by atoms with van der Waals surface area (Å²) < 4.78 is 0. The summed E-state index contributed by atoms with van der Waals surface area (Å²) in [6.07, 6.45) is 2.44. The van der Waals surface area contributed by atoms with Gasteiger partial charge in [-0.3, -0.25) is 4.79 Å². The second-order valence-corrected chi connectivity index (χ2v) is 5.41. The van der Waals surface area contributed by atoms with E-state index in [4.69, 9.17) is 0 Å². The summed E-state index contributed by atoms with van der Waals surface area (Å²) in [5.41, 5.74) is 2.09. The van der Waals surface area contributed by atoms with Gasteiger partial charge in [-0.25, -0.2) is 0 Å². The highest BCUT2D eigenvalue weighted by Crippen LogP contribution is 2.12. The first kappa shape index (κ1) is 15.7. The van der Waals surface area contributed by atoms with Gasteiger partial charge in [0.1, 0.15) is 0 Å². The molecule has 1 amide bonds. The Hall–Kier alpha value is -1.35. The molecule has 106 valence electrons. The summed E-state index contributed by atoms with van der Waals surface area (Å²) in [5.74, 6) is 0.734. The van der Waals surface area contributed by atoms with Crippen molar-refractivity contribution in [3.63, 3.8) is 0 Å². The maximum absolute atomic E-state index is 10.9. The minimum Gasteiger partial charge on any atom is -0.326 e. The molecule has 0 saturated carbocycles. The largest absolute Gasteiger partial charge is 0.326 e. The number of hydrogen-bond acceptors (Lipinski definition) is 2. The van der Waals surface area contributed by atoms with Crippen molar-refractivity contribution in [1.82, 2.24) is 5.32 Å². The van der Waals surface area contributed by atoms with E-state index in [2.05, 4.69) is 31.4 Å². The zero-order valence-corrected chi connectivity index (χ0v) is 12.5. The predicted molar refractivity (Wildman–Crippen MR) is 81.1 cm³/mol. The number of anilines is 1. The molecule has 0 aliphatic carbocycles. The van der Waals surface area contributed by atoms with Crippen molar-refractivity contribution in [2.24, 2.45) is 5.92 Å². The number of carbonyl (C=O) groups is 1. The van der Waals surface area contributed by atoms with Crippen LogP contribution in [0.4, 0.5) is 5.69 Å². The molecule has 2 atom stereocenters. The Morgan fingerprint density at radius 2 is 1.84 bits per heavy atom. The van der Waals surface area contributed by atoms with Crippen molar-refractivity contribution in [2.45, 2.75) is 53.1 Å². The van der Waals surface area contributed by atoms with Crippen LogP contribution >= 0.6 is 0 Å². The number of rotatable bonds is 7. The molecule has 0 radical (unpaired) electrons. The first-order valence-corrected chi connectivity index (χ1v) is 7.11. The topological polar surface area (TPSA) is 41.1 Å². The van der Waals surface area contributed by atoms with Crippen molar-refractivity contribution in [3.8, 4) is 0 Å². The Kier molecular flexibility index (Phi) is 6.57. The van der Waals surface area contributed by atoms with Crippen molar-refractivity contribution < 1.29 is 4.79 Å². The second kappa shape index (κ2) is 7.95. The van der Waals surface area contributed by atoms with E-state index in [-0.39, 0.29) is 5.91 Å². The van der Waals surface area contributed by atoms with Crippen LogP contribution in [0.5, 0.6) is 0 Å². The molecule has 2 N–H and O–H groups in total. The minimum absolute atomic E-state index is 0.0342. The van der Waals surface area contributed by atoms with E-state index in [0.717, 1.165) is 18.2 Å². The summed E-state index contributed by atoms with van der Waals surface area (Å²) >= 11 is 0. The van der Waals surface area contributed by atoms with E-state index in [0.29, 0.717) is 6.04 Å². The van der Waals surface area contributed by atoms with Crippen molar-refractivity contribution in [3.05, 3.63) is 29.8 Å². The average molecular weight is 262 g/mol. The third-order valence-electron chi connectivity index (χ3n) is 3.38. The zero-order valence-electron chi connectivity index (χ0n) is 12.5. The van der Waals surface area contributed by atoms with E-state index < -0.39 is 0 Å². The maximum Gasteiger partial charge on any atom is 0.221 e. The van der Waals surface area contributed by atoms with Crippen LogP contribution in [0.25, 0.3) is 0 Å². The second-order valence-electron chi connectivity index (χ2n) is 5.41. The van der Waals surface area contributed by atoms with Gasteiger partial charge in [-0.05, 0) is 37.0 Å². The zero-order chi connectivity index (χ0) is 14.3. The smallest absolute Gasteiger partial charge is 0.221 e. The van der Waals surface area contributed by atoms with Gasteiger partial charge in [-0.1, -0.05) is 32.4 Å². The molecule has 19 heavy (non-hydrogen) atoms. The molecule has 0 bridgehead atoms. The monoisotopic (exact) mass is 262 g/mol. The maximum atomic E-state index is 10.9. The van der Waals surface area contributed by atoms with Gasteiger partial charge in [0.25, 0.3) is 0 Å². The number of hydrogen-bond donors (Lipinski definition) is 2. The summed E-state index contributed by atoms with van der Waals surface area (Å²) in [6, 6.07) is 8.52. The van der Waals surface area contributed by atoms with Crippen LogP contribution in [0, 0.1) is 5.92 Å². The molecule has 1 aromatic carbocycles. The fourth-order valence-electron chi connectivity index (χ4n) is 2.05. The van der Waals surface area contributed by atoms with Crippen LogP contribution in [-0.2, 0) is 11.3 Å². The third kappa shape index (κ3) is 6.39. The van der Waals surface area contributed by atoms with Crippen molar-refractivity contribution in [1.29, 1.82) is 0 Å². The normalized spacial score (nSPS) is 13.9. The summed E-state index contributed by atoms with van der Waals surface area (Å²) in [7, 11) is 0. The molecule has 0 spiro atoms. The molecule has 2 unspecified atom stereocenters. The van der Waals surface area contributed by atoms with Gasteiger partial charge in [0.05, 0.1) is 0 Å². The third-order valence-corrected chi connectivity index (χ3v) is 3.38. The van der Waals surface area contributed by atoms with Crippen molar-refractivity contribution in [2.75, 3.05) is 5.32 Å². The van der Waals surface area contributed by atoms with Gasteiger partial charge in [-0.15, -0.1) is 0 Å². The van der Waals surface area contributed by atoms with Gasteiger partial charge in [-0.2, -0.15) is 0 Å². The van der Waals surface area contributed by atoms with E-state index in [1.165, 1.54) is 25.3 Å². The van der Waals surface area contributed by atoms with Gasteiger partial charge < -0.3 is 10.6 Å². The molecule has 0 aliphatic rings. The lowest BCUT2D eigenvalue weighted by Gasteiger charge is -2.17. The summed E-state index contributed by atoms with van der Waals surface area (Å²) in [6.45, 7) is 9.15. The van der Waals surface area contributed by atoms with Crippen LogP contribution in [0.2, 0.25) is 0 Å². The standard InChI is InChI=1S/C16H26N2O/c1-5-12(2)10-13(3)17-11-15-6-8-16(9-7-15)18-14(4)19/h6-9,12-13,17H,5,10-11H2,1-4H3,(H,18,19). The SMILES string of the molecule is CCC(C)CC(C)NCc1ccc(NC(C)=O)cc1. The fourth-order valence-corrected chi connectivity index (χ4v) is 2.05. The highest BCUT2D eigenvalue weighted by atomic mass is 16.1. The Morgan fingerprint density at radius 1 is 1.21 bits per heavy atom. The lowest BCUT2D eigenvalue weighted by molar-refractivity contribution is -0.114. The van der Waals surface area contributed by atoms with Crippen LogP contribution in [-0.4, -0.2) is 11.9 Å². The number of amides is 1. The van der Waals surface area contributed by atoms with E-state index in [1.807, 2.05) is 24.3 Å². The highest BCUT2D eigenvalue weighted by molar-refractivity contribution is 5.88. The Balaban J connectivity index is 2.39. The Bertz CT molecular complexity index is 386. The van der Waals surface area contributed by atoms with E-state index >= 15 is 0 Å². The van der Waals surface area contributed by atoms with E-state index in [9.17, 15) is 4.79 Å². The molecular weight excluding hydrogens is 236 g/mol. The molecule has 3 nitrogen and oxygen atoms in total. The van der Waals surface area contributed by atoms with Crippen LogP contribution in [0.3, 0.4) is 0 Å². The molecule has 0 saturated heterocycles. The highest BCUT2D eigenvalue weighted by Gasteiger charge is 2.06. The molecule has 0 aliphatic heterocycles. The number of benzene rings is 1. The van der Waals surface area contributed by atoms with Gasteiger partial charge in [0.2, 0.25) is 5.91 Å². The van der Waals surface area contributed by atoms with Crippen molar-refractivity contribution >= 4 is 11.6 Å². The predicted octanol–water partition coefficient (Wildman–Crippen LogP) is 3.56. The molecule has 3 heteroatoms. The van der Waals surface area contributed by atoms with Crippen LogP contribution in [0.1, 0.15) is 46.1 Å². The molecular formula is C16H26N2O. The first-order chi connectivity index (χ1) is 9.01. The number of nitrogens with one attached hydrogen (secondary N) is 2. The Morgan fingerprint density at radius 3 is 2.37 bits per heavy atom. The van der Waals surface area contributed by atoms with E-state index in [1.54, 1.807) is 0 Å². The van der Waals surface area contributed by atoms with Gasteiger partial charge >= 0.3 is 0 Å². The molecule has 1 aromatic rings. The molecule has 0 aromatic heterocycles. The lowest BCUT2D eigenvalue weighted by atomic mass is 10.0. The Labute approximate surface area is 116 Å². The fraction of sp³-hybridized carbons (Fsp3) is 0.562. The minimum atomic E-state index is -0.0342. The number of carbonyl (C=O) groups excluding carboxylic acids is 1. The van der Waals surface area contributed by atoms with Gasteiger partial charge in [0.15, 0.2) is 0 Å². The van der Waals surface area contributed by atoms with Crippen LogP contribution < -0.4 is 10.6 Å². The average Bonchev–Trinajstić information content (AvgIpc) is 2.37. The molecule has 1 rings (SSSR count). The molecule has 0 fully saturated rings. The first-order valence-electron chi connectivity index (χ1n) is 7.11. The summed E-state index contributed by atoms with van der Waals surface area (Å²) in [5, 5.41) is 6.31. The lowest BCUT2D eigenvalue weighted by Crippen LogP contribution is -2.27. The summed E-state index contributed by atoms with van der Waals surface area (Å²) in [4.78, 5) is 10.9. The van der Waals surface area contributed by atoms with Crippen LogP contribution in [0.15, 0.2) is 24.3 Å². The molecule has 0 heterocycles. The quantitative estimate of drug-likeness (QED) is 0.789.